The van der Waals surface area contributed by atoms with Crippen molar-refractivity contribution in [2.75, 3.05) is 0 Å². The molecule has 6 nitrogen and oxygen atoms in total. The van der Waals surface area contributed by atoms with Crippen LogP contribution in [-0.4, -0.2) is 57.8 Å². The average molecular weight is 328 g/mol. The predicted molar refractivity (Wildman–Crippen MR) is 47.7 cm³/mol. The summed E-state index contributed by atoms with van der Waals surface area (Å²) >= 11 is 0. The van der Waals surface area contributed by atoms with Crippen molar-refractivity contribution < 1.29 is 46.3 Å². The molecule has 0 fully saturated rings. The summed E-state index contributed by atoms with van der Waals surface area (Å²) in [4.78, 5) is 19.4. The topological polar surface area (TPSA) is 86.7 Å². The van der Waals surface area contributed by atoms with Gasteiger partial charge in [0.15, 0.2) is 11.7 Å². The molecule has 0 radical (unpaired) electrons. The van der Waals surface area contributed by atoms with E-state index in [1.54, 1.807) is 0 Å². The van der Waals surface area contributed by atoms with Gasteiger partial charge in [-0.2, -0.15) is 10.2 Å². The molecule has 0 bridgehead atoms. The van der Waals surface area contributed by atoms with Crippen LogP contribution in [0.1, 0.15) is 0 Å². The van der Waals surface area contributed by atoms with E-state index < -0.39 is 57.8 Å². The van der Waals surface area contributed by atoms with Crippen molar-refractivity contribution in [1.29, 1.82) is 0 Å². The van der Waals surface area contributed by atoms with Gasteiger partial charge in [-0.25, -0.2) is 17.6 Å². The maximum Gasteiger partial charge on any atom is 2.00 e. The molecule has 0 N–H and O–H groups in total. The van der Waals surface area contributed by atoms with Crippen LogP contribution in [0.25, 0.3) is 0 Å². The van der Waals surface area contributed by atoms with Crippen molar-refractivity contribution in [3.8, 4) is 0 Å². The second kappa shape index (κ2) is 6.88. The zero-order valence-corrected chi connectivity index (χ0v) is 11.1. The summed E-state index contributed by atoms with van der Waals surface area (Å²) in [7, 11) is 0. The Balaban J connectivity index is 0.000000364. The van der Waals surface area contributed by atoms with Crippen LogP contribution in [0.4, 0.5) is 26.5 Å². The van der Waals surface area contributed by atoms with Crippen molar-refractivity contribution in [3.05, 3.63) is 23.0 Å². The second-order valence-electron chi connectivity index (χ2n) is 3.26. The monoisotopic (exact) mass is 328 g/mol. The summed E-state index contributed by atoms with van der Waals surface area (Å²) in [5, 5.41) is 17.7. The van der Waals surface area contributed by atoms with E-state index in [1.807, 2.05) is 0 Å². The molecule has 2 aliphatic rings. The number of carbonyl (C=O) groups excluding carboxylic acids is 2. The van der Waals surface area contributed by atoms with E-state index in [4.69, 9.17) is 0 Å². The Bertz CT molecular complexity index is 481. The predicted octanol–water partition coefficient (Wildman–Crippen LogP) is -1.55. The van der Waals surface area contributed by atoms with Gasteiger partial charge in [0.1, 0.15) is 11.4 Å². The van der Waals surface area contributed by atoms with E-state index in [0.29, 0.717) is 0 Å². The molecule has 2 unspecified atom stereocenters. The smallest absolute Gasteiger partial charge is 0.543 e. The first-order chi connectivity index (χ1) is 9.11. The zero-order valence-electron chi connectivity index (χ0n) is 9.66. The summed E-state index contributed by atoms with van der Waals surface area (Å²) in [6, 6.07) is 0. The van der Waals surface area contributed by atoms with Crippen LogP contribution in [0.5, 0.6) is 0 Å². The van der Waals surface area contributed by atoms with Crippen LogP contribution < -0.4 is 10.2 Å². The standard InChI is InChI=1S/2C4H2F3NO2.Mg/c2*5-1-2(4(9)10)8(7)3(1)6;/h2*3H,(H,9,10);/q;;+2/p-2. The molecule has 0 spiro atoms. The maximum absolute atomic E-state index is 11.9. The zero-order chi connectivity index (χ0) is 15.8. The molecule has 13 heteroatoms. The minimum absolute atomic E-state index is 0. The second-order valence-corrected chi connectivity index (χ2v) is 3.26. The van der Waals surface area contributed by atoms with Gasteiger partial charge in [-0.15, -0.1) is 0 Å². The summed E-state index contributed by atoms with van der Waals surface area (Å²) in [6.45, 7) is 0. The van der Waals surface area contributed by atoms with Crippen LogP contribution >= 0.6 is 0 Å². The molecule has 21 heavy (non-hydrogen) atoms. The number of carbonyl (C=O) groups is 2. The van der Waals surface area contributed by atoms with Crippen LogP contribution in [-0.2, 0) is 9.59 Å². The molecular formula is C8H2F6MgN2O4. The van der Waals surface area contributed by atoms with Crippen molar-refractivity contribution >= 4 is 35.0 Å². The molecule has 0 saturated heterocycles. The first-order valence-corrected chi connectivity index (χ1v) is 4.51. The number of hydrogen-bond acceptors (Lipinski definition) is 6. The van der Waals surface area contributed by atoms with Gasteiger partial charge in [0, 0.05) is 0 Å². The third-order valence-corrected chi connectivity index (χ3v) is 2.08. The molecule has 2 aliphatic heterocycles. The molecule has 0 aromatic heterocycles. The third kappa shape index (κ3) is 3.34. The molecule has 0 aromatic carbocycles. The fraction of sp³-hybridized carbons (Fsp3) is 0.250. The fourth-order valence-corrected chi connectivity index (χ4v) is 1.09. The molecule has 2 atom stereocenters. The average Bonchev–Trinajstić information content (AvgIpc) is 2.38. The molecular weight excluding hydrogens is 326 g/mol. The van der Waals surface area contributed by atoms with Gasteiger partial charge in [0.25, 0.3) is 12.6 Å². The SMILES string of the molecule is O=C([O-])C1=C(F)C(F)N1F.O=C([O-])C1=C(F)C(F)N1F.[Mg+2]. The minimum Gasteiger partial charge on any atom is -0.543 e. The molecule has 112 valence electrons. The van der Waals surface area contributed by atoms with Gasteiger partial charge in [0.2, 0.25) is 0 Å². The number of rotatable bonds is 2. The maximum atomic E-state index is 11.9. The van der Waals surface area contributed by atoms with Gasteiger partial charge in [0.05, 0.1) is 11.9 Å². The molecule has 0 aliphatic carbocycles. The van der Waals surface area contributed by atoms with Crippen molar-refractivity contribution in [2.45, 2.75) is 12.6 Å². The van der Waals surface area contributed by atoms with Crippen molar-refractivity contribution in [1.82, 2.24) is 10.2 Å². The van der Waals surface area contributed by atoms with Crippen LogP contribution in [0.3, 0.4) is 0 Å². The van der Waals surface area contributed by atoms with E-state index in [-0.39, 0.29) is 23.1 Å². The molecule has 2 rings (SSSR count). The van der Waals surface area contributed by atoms with Gasteiger partial charge < -0.3 is 19.8 Å². The number of hydrogen-bond donors (Lipinski definition) is 0. The summed E-state index contributed by atoms with van der Waals surface area (Å²) < 4.78 is 70.9. The molecule has 0 saturated carbocycles. The number of aliphatic carboxylic acids is 2. The van der Waals surface area contributed by atoms with Gasteiger partial charge in [-0.3, -0.25) is 0 Å². The summed E-state index contributed by atoms with van der Waals surface area (Å²) in [5.74, 6) is -7.40. The Morgan fingerprint density at radius 3 is 1.19 bits per heavy atom. The Morgan fingerprint density at radius 2 is 1.10 bits per heavy atom. The van der Waals surface area contributed by atoms with E-state index in [9.17, 15) is 46.3 Å². The van der Waals surface area contributed by atoms with Crippen LogP contribution in [0, 0.1) is 0 Å². The summed E-state index contributed by atoms with van der Waals surface area (Å²) in [5.41, 5.74) is -2.74. The number of alkyl halides is 2. The fourth-order valence-electron chi connectivity index (χ4n) is 1.09. The Morgan fingerprint density at radius 1 is 0.857 bits per heavy atom. The van der Waals surface area contributed by atoms with E-state index in [1.165, 1.54) is 0 Å². The van der Waals surface area contributed by atoms with E-state index in [0.717, 1.165) is 0 Å². The molecule has 0 amide bonds. The Labute approximate surface area is 127 Å². The number of nitrogens with zero attached hydrogens (tertiary/aromatic N) is 2. The Kier molecular flexibility index (Phi) is 6.35. The normalized spacial score (nSPS) is 23.5. The summed E-state index contributed by atoms with van der Waals surface area (Å²) in [6.07, 6.45) is -5.15. The molecule has 2 heterocycles. The number of carboxylic acids is 2. The van der Waals surface area contributed by atoms with Crippen molar-refractivity contribution in [3.63, 3.8) is 0 Å². The molecule has 0 aromatic rings. The Hall–Kier alpha value is -1.63. The third-order valence-electron chi connectivity index (χ3n) is 2.08. The number of halogens is 6. The number of carboxylic acid groups (broad SMARTS) is 2. The first kappa shape index (κ1) is 19.4. The van der Waals surface area contributed by atoms with Crippen LogP contribution in [0.2, 0.25) is 0 Å². The van der Waals surface area contributed by atoms with Crippen LogP contribution in [0.15, 0.2) is 23.0 Å². The quantitative estimate of drug-likeness (QED) is 0.264. The van der Waals surface area contributed by atoms with Crippen molar-refractivity contribution in [2.24, 2.45) is 0 Å². The van der Waals surface area contributed by atoms with Gasteiger partial charge in [-0.05, 0) is 0 Å². The largest absolute Gasteiger partial charge is 2.00 e. The van der Waals surface area contributed by atoms with E-state index in [2.05, 4.69) is 0 Å². The first-order valence-electron chi connectivity index (χ1n) is 4.51. The van der Waals surface area contributed by atoms with Gasteiger partial charge in [-0.1, -0.05) is 8.96 Å². The van der Waals surface area contributed by atoms with E-state index >= 15 is 0 Å². The van der Waals surface area contributed by atoms with Gasteiger partial charge >= 0.3 is 23.1 Å². The minimum atomic E-state index is -2.58.